The van der Waals surface area contributed by atoms with Crippen LogP contribution in [-0.2, 0) is 6.54 Å². The summed E-state index contributed by atoms with van der Waals surface area (Å²) in [7, 11) is 2.19. The largest absolute Gasteiger partial charge is 0.348 e. The number of anilines is 1. The van der Waals surface area contributed by atoms with Gasteiger partial charge < -0.3 is 10.2 Å². The van der Waals surface area contributed by atoms with Crippen LogP contribution < -0.4 is 10.2 Å². The summed E-state index contributed by atoms with van der Waals surface area (Å²) >= 11 is 1.88. The number of aromatic nitrogens is 1. The second-order valence-corrected chi connectivity index (χ2v) is 7.26. The van der Waals surface area contributed by atoms with Crippen LogP contribution in [0, 0.1) is 0 Å². The second kappa shape index (κ2) is 6.90. The van der Waals surface area contributed by atoms with Gasteiger partial charge in [-0.1, -0.05) is 27.7 Å². The number of thiazole rings is 1. The Bertz CT molecular complexity index is 419. The van der Waals surface area contributed by atoms with Crippen LogP contribution in [0.2, 0.25) is 0 Å². The molecule has 0 radical (unpaired) electrons. The molecular weight excluding hydrogens is 266 g/mol. The molecule has 1 fully saturated rings. The summed E-state index contributed by atoms with van der Waals surface area (Å²) < 4.78 is 0. The molecule has 1 saturated carbocycles. The quantitative estimate of drug-likeness (QED) is 0.781. The highest BCUT2D eigenvalue weighted by Crippen LogP contribution is 2.32. The molecule has 1 aliphatic carbocycles. The van der Waals surface area contributed by atoms with Crippen molar-refractivity contribution >= 4 is 16.5 Å². The van der Waals surface area contributed by atoms with Crippen molar-refractivity contribution in [1.29, 1.82) is 0 Å². The van der Waals surface area contributed by atoms with E-state index in [9.17, 15) is 0 Å². The van der Waals surface area contributed by atoms with E-state index in [0.29, 0.717) is 12.0 Å². The first-order chi connectivity index (χ1) is 9.56. The van der Waals surface area contributed by atoms with Crippen LogP contribution in [0.1, 0.15) is 69.9 Å². The van der Waals surface area contributed by atoms with Crippen LogP contribution in [0.25, 0.3) is 0 Å². The Morgan fingerprint density at radius 1 is 1.30 bits per heavy atom. The van der Waals surface area contributed by atoms with Crippen LogP contribution in [-0.4, -0.2) is 24.1 Å². The number of nitrogens with zero attached hydrogens (tertiary/aromatic N) is 2. The zero-order chi connectivity index (χ0) is 14.7. The SMILES string of the molecule is CCC(CC)N(C)c1nc(C(C)C)c(CNC2CC2)s1. The van der Waals surface area contributed by atoms with Crippen molar-refractivity contribution < 1.29 is 0 Å². The molecule has 20 heavy (non-hydrogen) atoms. The van der Waals surface area contributed by atoms with E-state index in [0.717, 1.165) is 12.6 Å². The Kier molecular flexibility index (Phi) is 5.44. The maximum absolute atomic E-state index is 4.93. The Morgan fingerprint density at radius 2 is 1.95 bits per heavy atom. The van der Waals surface area contributed by atoms with Gasteiger partial charge in [0, 0.05) is 30.6 Å². The third-order valence-electron chi connectivity index (χ3n) is 4.18. The molecule has 1 N–H and O–H groups in total. The normalized spacial score (nSPS) is 15.3. The van der Waals surface area contributed by atoms with E-state index in [-0.39, 0.29) is 0 Å². The average molecular weight is 295 g/mol. The van der Waals surface area contributed by atoms with Crippen molar-refractivity contribution in [2.24, 2.45) is 0 Å². The maximum atomic E-state index is 4.93. The van der Waals surface area contributed by atoms with Crippen molar-refractivity contribution in [2.45, 2.75) is 77.9 Å². The number of hydrogen-bond acceptors (Lipinski definition) is 4. The predicted octanol–water partition coefficient (Wildman–Crippen LogP) is 4.14. The second-order valence-electron chi connectivity index (χ2n) is 6.20. The van der Waals surface area contributed by atoms with E-state index in [2.05, 4.69) is 45.0 Å². The van der Waals surface area contributed by atoms with Crippen LogP contribution in [0.3, 0.4) is 0 Å². The lowest BCUT2D eigenvalue weighted by molar-refractivity contribution is 0.589. The standard InChI is InChI=1S/C16H29N3S/c1-6-13(7-2)19(5)16-18-15(11(3)4)14(20-16)10-17-12-8-9-12/h11-13,17H,6-10H2,1-5H3. The molecule has 0 aliphatic heterocycles. The van der Waals surface area contributed by atoms with E-state index in [4.69, 9.17) is 4.98 Å². The van der Waals surface area contributed by atoms with Gasteiger partial charge in [0.1, 0.15) is 0 Å². The van der Waals surface area contributed by atoms with Gasteiger partial charge in [-0.3, -0.25) is 0 Å². The molecule has 114 valence electrons. The van der Waals surface area contributed by atoms with Gasteiger partial charge in [0.25, 0.3) is 0 Å². The fourth-order valence-electron chi connectivity index (χ4n) is 2.60. The van der Waals surface area contributed by atoms with Gasteiger partial charge in [-0.05, 0) is 31.6 Å². The van der Waals surface area contributed by atoms with Crippen LogP contribution >= 0.6 is 11.3 Å². The van der Waals surface area contributed by atoms with E-state index in [1.807, 2.05) is 11.3 Å². The lowest BCUT2D eigenvalue weighted by Crippen LogP contribution is -2.30. The lowest BCUT2D eigenvalue weighted by atomic mass is 10.1. The van der Waals surface area contributed by atoms with Gasteiger partial charge in [0.15, 0.2) is 5.13 Å². The Hall–Kier alpha value is -0.610. The molecule has 1 heterocycles. The Balaban J connectivity index is 2.13. The van der Waals surface area contributed by atoms with Gasteiger partial charge in [-0.2, -0.15) is 0 Å². The van der Waals surface area contributed by atoms with Crippen molar-refractivity contribution in [2.75, 3.05) is 11.9 Å². The molecule has 0 amide bonds. The molecule has 1 aromatic heterocycles. The van der Waals surface area contributed by atoms with Gasteiger partial charge in [-0.15, -0.1) is 11.3 Å². The molecule has 1 aromatic rings. The zero-order valence-electron chi connectivity index (χ0n) is 13.6. The smallest absolute Gasteiger partial charge is 0.185 e. The van der Waals surface area contributed by atoms with Crippen LogP contribution in [0.5, 0.6) is 0 Å². The molecule has 4 heteroatoms. The summed E-state index contributed by atoms with van der Waals surface area (Å²) in [5.41, 5.74) is 1.29. The minimum Gasteiger partial charge on any atom is -0.348 e. The highest BCUT2D eigenvalue weighted by molar-refractivity contribution is 7.15. The lowest BCUT2D eigenvalue weighted by Gasteiger charge is -2.25. The fourth-order valence-corrected chi connectivity index (χ4v) is 3.80. The summed E-state index contributed by atoms with van der Waals surface area (Å²) in [6.07, 6.45) is 5.05. The molecule has 1 aliphatic rings. The van der Waals surface area contributed by atoms with Gasteiger partial charge in [0.05, 0.1) is 5.69 Å². The van der Waals surface area contributed by atoms with Crippen LogP contribution in [0.15, 0.2) is 0 Å². The van der Waals surface area contributed by atoms with Crippen molar-refractivity contribution in [3.05, 3.63) is 10.6 Å². The molecule has 2 rings (SSSR count). The summed E-state index contributed by atoms with van der Waals surface area (Å²) in [5, 5.41) is 4.82. The molecule has 0 saturated heterocycles. The number of nitrogens with one attached hydrogen (secondary N) is 1. The van der Waals surface area contributed by atoms with Crippen molar-refractivity contribution in [1.82, 2.24) is 10.3 Å². The van der Waals surface area contributed by atoms with Crippen molar-refractivity contribution in [3.8, 4) is 0 Å². The first-order valence-corrected chi connectivity index (χ1v) is 8.84. The summed E-state index contributed by atoms with van der Waals surface area (Å²) in [6, 6.07) is 1.36. The first kappa shape index (κ1) is 15.8. The number of rotatable bonds is 8. The van der Waals surface area contributed by atoms with E-state index >= 15 is 0 Å². The van der Waals surface area contributed by atoms with E-state index in [1.165, 1.54) is 41.4 Å². The minimum atomic E-state index is 0.506. The van der Waals surface area contributed by atoms with Crippen molar-refractivity contribution in [3.63, 3.8) is 0 Å². The highest BCUT2D eigenvalue weighted by Gasteiger charge is 2.23. The highest BCUT2D eigenvalue weighted by atomic mass is 32.1. The molecular formula is C16H29N3S. The third kappa shape index (κ3) is 3.73. The molecule has 0 spiro atoms. The molecule has 0 atom stereocenters. The monoisotopic (exact) mass is 295 g/mol. The summed E-state index contributed by atoms with van der Waals surface area (Å²) in [6.45, 7) is 10.0. The van der Waals surface area contributed by atoms with E-state index in [1.54, 1.807) is 0 Å². The molecule has 3 nitrogen and oxygen atoms in total. The summed E-state index contributed by atoms with van der Waals surface area (Å²) in [5.74, 6) is 0.506. The van der Waals surface area contributed by atoms with E-state index < -0.39 is 0 Å². The number of hydrogen-bond donors (Lipinski definition) is 1. The maximum Gasteiger partial charge on any atom is 0.185 e. The Morgan fingerprint density at radius 3 is 2.45 bits per heavy atom. The molecule has 0 unspecified atom stereocenters. The topological polar surface area (TPSA) is 28.2 Å². The Labute approximate surface area is 127 Å². The van der Waals surface area contributed by atoms with Gasteiger partial charge >= 0.3 is 0 Å². The molecule has 0 aromatic carbocycles. The van der Waals surface area contributed by atoms with Gasteiger partial charge in [-0.25, -0.2) is 4.98 Å². The first-order valence-electron chi connectivity index (χ1n) is 8.02. The average Bonchev–Trinajstić information content (AvgIpc) is 3.15. The van der Waals surface area contributed by atoms with Gasteiger partial charge in [0.2, 0.25) is 0 Å². The summed E-state index contributed by atoms with van der Waals surface area (Å²) in [4.78, 5) is 8.73. The minimum absolute atomic E-state index is 0.506. The molecule has 0 bridgehead atoms. The fraction of sp³-hybridized carbons (Fsp3) is 0.812. The third-order valence-corrected chi connectivity index (χ3v) is 5.35. The van der Waals surface area contributed by atoms with Crippen LogP contribution in [0.4, 0.5) is 5.13 Å². The predicted molar refractivity (Wildman–Crippen MR) is 88.8 cm³/mol. The zero-order valence-corrected chi connectivity index (χ0v) is 14.4.